The van der Waals surface area contributed by atoms with Crippen LogP contribution in [-0.4, -0.2) is 11.5 Å². The third-order valence-electron chi connectivity index (χ3n) is 3.96. The summed E-state index contributed by atoms with van der Waals surface area (Å²) in [6.45, 7) is 8.45. The molecule has 0 amide bonds. The van der Waals surface area contributed by atoms with Gasteiger partial charge in [0, 0.05) is 10.5 Å². The van der Waals surface area contributed by atoms with Crippen LogP contribution in [0.1, 0.15) is 39.5 Å². The molecule has 0 aliphatic carbocycles. The molecule has 1 nitrogen and oxygen atoms in total. The van der Waals surface area contributed by atoms with Crippen LogP contribution >= 0.6 is 11.8 Å². The molecular weight excluding hydrogens is 288 g/mol. The first-order chi connectivity index (χ1) is 10.5. The largest absolute Gasteiger partial charge is 0.289 e. The van der Waals surface area contributed by atoms with Crippen LogP contribution < -0.4 is 0 Å². The van der Waals surface area contributed by atoms with E-state index < -0.39 is 0 Å². The van der Waals surface area contributed by atoms with Gasteiger partial charge in [0.15, 0.2) is 5.78 Å². The molecular formula is C20H22OS. The van der Waals surface area contributed by atoms with E-state index in [1.165, 1.54) is 21.6 Å². The molecule has 2 aromatic rings. The Hall–Kier alpha value is -1.80. The van der Waals surface area contributed by atoms with E-state index in [0.717, 1.165) is 16.9 Å². The van der Waals surface area contributed by atoms with Crippen LogP contribution in [0.15, 0.2) is 47.4 Å². The molecule has 0 unspecified atom stereocenters. The lowest BCUT2D eigenvalue weighted by atomic mass is 9.98. The number of carbonyl (C=O) groups is 1. The Kier molecular flexibility index (Phi) is 5.62. The van der Waals surface area contributed by atoms with E-state index in [9.17, 15) is 4.79 Å². The number of aryl methyl sites for hydroxylation is 1. The lowest BCUT2D eigenvalue weighted by Crippen LogP contribution is -1.95. The number of benzene rings is 2. The zero-order valence-electron chi connectivity index (χ0n) is 13.6. The van der Waals surface area contributed by atoms with Crippen molar-refractivity contribution in [3.8, 4) is 0 Å². The summed E-state index contributed by atoms with van der Waals surface area (Å²) in [5.74, 6) is 1.09. The first-order valence-electron chi connectivity index (χ1n) is 7.55. The molecule has 0 aromatic heterocycles. The monoisotopic (exact) mass is 310 g/mol. The van der Waals surface area contributed by atoms with Crippen molar-refractivity contribution in [1.29, 1.82) is 0 Å². The van der Waals surface area contributed by atoms with Gasteiger partial charge in [-0.2, -0.15) is 0 Å². The SMILES string of the molecule is CCSc1ccc(C(=O)/C=C/c2ccc(C)c(C)c2C)cc1. The number of ketones is 1. The van der Waals surface area contributed by atoms with Gasteiger partial charge in [-0.1, -0.05) is 25.1 Å². The van der Waals surface area contributed by atoms with Crippen LogP contribution in [0.5, 0.6) is 0 Å². The Morgan fingerprint density at radius 2 is 1.68 bits per heavy atom. The predicted octanol–water partition coefficient (Wildman–Crippen LogP) is 5.62. The smallest absolute Gasteiger partial charge is 0.185 e. The normalized spacial score (nSPS) is 11.1. The number of hydrogen-bond acceptors (Lipinski definition) is 2. The molecule has 0 saturated carbocycles. The number of hydrogen-bond donors (Lipinski definition) is 0. The minimum absolute atomic E-state index is 0.0469. The second-order valence-electron chi connectivity index (χ2n) is 5.38. The molecule has 0 aliphatic heterocycles. The van der Waals surface area contributed by atoms with Crippen molar-refractivity contribution in [2.75, 3.05) is 5.75 Å². The Bertz CT molecular complexity index is 696. The molecule has 0 fully saturated rings. The molecule has 0 atom stereocenters. The topological polar surface area (TPSA) is 17.1 Å². The first-order valence-corrected chi connectivity index (χ1v) is 8.53. The number of rotatable bonds is 5. The second-order valence-corrected chi connectivity index (χ2v) is 6.71. The summed E-state index contributed by atoms with van der Waals surface area (Å²) >= 11 is 1.78. The number of carbonyl (C=O) groups excluding carboxylic acids is 1. The second kappa shape index (κ2) is 7.46. The zero-order valence-corrected chi connectivity index (χ0v) is 14.5. The van der Waals surface area contributed by atoms with E-state index in [1.54, 1.807) is 17.8 Å². The van der Waals surface area contributed by atoms with E-state index in [2.05, 4.69) is 39.8 Å². The van der Waals surface area contributed by atoms with Crippen molar-refractivity contribution < 1.29 is 4.79 Å². The van der Waals surface area contributed by atoms with E-state index in [1.807, 2.05) is 30.3 Å². The molecule has 2 rings (SSSR count). The highest BCUT2D eigenvalue weighted by atomic mass is 32.2. The fraction of sp³-hybridized carbons (Fsp3) is 0.250. The van der Waals surface area contributed by atoms with Crippen LogP contribution in [0.4, 0.5) is 0 Å². The third kappa shape index (κ3) is 3.89. The van der Waals surface area contributed by atoms with Gasteiger partial charge in [0.2, 0.25) is 0 Å². The lowest BCUT2D eigenvalue weighted by Gasteiger charge is -2.07. The maximum atomic E-state index is 12.3. The first kappa shape index (κ1) is 16.6. The molecule has 0 saturated heterocycles. The van der Waals surface area contributed by atoms with Crippen molar-refractivity contribution in [2.24, 2.45) is 0 Å². The van der Waals surface area contributed by atoms with Gasteiger partial charge in [0.25, 0.3) is 0 Å². The standard InChI is InChI=1S/C20H22OS/c1-5-22-19-11-8-18(9-12-19)20(21)13-10-17-7-6-14(2)15(3)16(17)4/h6-13H,5H2,1-4H3/b13-10+. The quantitative estimate of drug-likeness (QED) is 0.405. The summed E-state index contributed by atoms with van der Waals surface area (Å²) < 4.78 is 0. The van der Waals surface area contributed by atoms with E-state index >= 15 is 0 Å². The van der Waals surface area contributed by atoms with Gasteiger partial charge >= 0.3 is 0 Å². The van der Waals surface area contributed by atoms with Crippen LogP contribution in [0.25, 0.3) is 6.08 Å². The van der Waals surface area contributed by atoms with Crippen molar-refractivity contribution in [2.45, 2.75) is 32.6 Å². The van der Waals surface area contributed by atoms with Crippen molar-refractivity contribution in [3.05, 3.63) is 70.3 Å². The molecule has 0 radical (unpaired) electrons. The van der Waals surface area contributed by atoms with Gasteiger partial charge in [-0.05, 0) is 79.1 Å². The summed E-state index contributed by atoms with van der Waals surface area (Å²) in [5, 5.41) is 0. The highest BCUT2D eigenvalue weighted by Crippen LogP contribution is 2.20. The Morgan fingerprint density at radius 1 is 1.00 bits per heavy atom. The van der Waals surface area contributed by atoms with Gasteiger partial charge in [0.1, 0.15) is 0 Å². The Balaban J connectivity index is 2.16. The average Bonchev–Trinajstić information content (AvgIpc) is 2.53. The molecule has 0 aliphatic rings. The van der Waals surface area contributed by atoms with Crippen LogP contribution in [0, 0.1) is 20.8 Å². The summed E-state index contributed by atoms with van der Waals surface area (Å²) in [5.41, 5.74) is 5.65. The molecule has 114 valence electrons. The average molecular weight is 310 g/mol. The van der Waals surface area contributed by atoms with Crippen LogP contribution in [0.3, 0.4) is 0 Å². The van der Waals surface area contributed by atoms with Gasteiger partial charge in [-0.3, -0.25) is 4.79 Å². The number of allylic oxidation sites excluding steroid dienone is 1. The van der Waals surface area contributed by atoms with Crippen LogP contribution in [-0.2, 0) is 0 Å². The molecule has 0 heterocycles. The van der Waals surface area contributed by atoms with Crippen molar-refractivity contribution >= 4 is 23.6 Å². The maximum absolute atomic E-state index is 12.3. The lowest BCUT2D eigenvalue weighted by molar-refractivity contribution is 0.104. The minimum Gasteiger partial charge on any atom is -0.289 e. The van der Waals surface area contributed by atoms with Crippen molar-refractivity contribution in [1.82, 2.24) is 0 Å². The number of thioether (sulfide) groups is 1. The van der Waals surface area contributed by atoms with Crippen molar-refractivity contribution in [3.63, 3.8) is 0 Å². The van der Waals surface area contributed by atoms with E-state index in [0.29, 0.717) is 0 Å². The molecule has 2 aromatic carbocycles. The molecule has 0 spiro atoms. The van der Waals surface area contributed by atoms with Crippen LogP contribution in [0.2, 0.25) is 0 Å². The zero-order chi connectivity index (χ0) is 16.1. The molecule has 0 bridgehead atoms. The minimum atomic E-state index is 0.0469. The maximum Gasteiger partial charge on any atom is 0.185 e. The van der Waals surface area contributed by atoms with Gasteiger partial charge < -0.3 is 0 Å². The van der Waals surface area contributed by atoms with Gasteiger partial charge in [0.05, 0.1) is 0 Å². The van der Waals surface area contributed by atoms with E-state index in [4.69, 9.17) is 0 Å². The fourth-order valence-electron chi connectivity index (χ4n) is 2.30. The summed E-state index contributed by atoms with van der Waals surface area (Å²) in [6, 6.07) is 12.0. The molecule has 2 heteroatoms. The van der Waals surface area contributed by atoms with Gasteiger partial charge in [-0.15, -0.1) is 11.8 Å². The van der Waals surface area contributed by atoms with E-state index in [-0.39, 0.29) is 5.78 Å². The molecule has 22 heavy (non-hydrogen) atoms. The molecule has 0 N–H and O–H groups in total. The fourth-order valence-corrected chi connectivity index (χ4v) is 2.96. The summed E-state index contributed by atoms with van der Waals surface area (Å²) in [4.78, 5) is 13.5. The highest BCUT2D eigenvalue weighted by molar-refractivity contribution is 7.99. The highest BCUT2D eigenvalue weighted by Gasteiger charge is 2.04. The summed E-state index contributed by atoms with van der Waals surface area (Å²) in [7, 11) is 0. The third-order valence-corrected chi connectivity index (χ3v) is 4.86. The Morgan fingerprint density at radius 3 is 2.32 bits per heavy atom. The summed E-state index contributed by atoms with van der Waals surface area (Å²) in [6.07, 6.45) is 3.58. The Labute approximate surface area is 137 Å². The van der Waals surface area contributed by atoms with Gasteiger partial charge in [-0.25, -0.2) is 0 Å². The predicted molar refractivity (Wildman–Crippen MR) is 96.9 cm³/mol.